The van der Waals surface area contributed by atoms with Gasteiger partial charge in [-0.15, -0.1) is 0 Å². The van der Waals surface area contributed by atoms with E-state index >= 15 is 0 Å². The Bertz CT molecular complexity index is 448. The first-order valence-electron chi connectivity index (χ1n) is 6.09. The fourth-order valence-corrected chi connectivity index (χ4v) is 2.59. The zero-order valence-corrected chi connectivity index (χ0v) is 10.1. The molecule has 1 atom stereocenters. The number of aliphatic carboxylic acids is 1. The first kappa shape index (κ1) is 11.9. The lowest BCUT2D eigenvalue weighted by atomic mass is 9.69. The van der Waals surface area contributed by atoms with Crippen molar-refractivity contribution in [2.45, 2.75) is 32.6 Å². The normalized spacial score (nSPS) is 23.6. The van der Waals surface area contributed by atoms with Crippen molar-refractivity contribution in [2.24, 2.45) is 5.41 Å². The smallest absolute Gasteiger partial charge is 0.310 e. The van der Waals surface area contributed by atoms with Gasteiger partial charge in [0, 0.05) is 0 Å². The number of hydrogen-bond acceptors (Lipinski definition) is 1. The van der Waals surface area contributed by atoms with Crippen LogP contribution in [0, 0.1) is 5.41 Å². The molecule has 0 amide bonds. The highest BCUT2D eigenvalue weighted by Crippen LogP contribution is 2.39. The van der Waals surface area contributed by atoms with E-state index < -0.39 is 11.4 Å². The molecule has 2 nitrogen and oxygen atoms in total. The van der Waals surface area contributed by atoms with Gasteiger partial charge in [-0.1, -0.05) is 36.4 Å². The molecule has 1 aromatic rings. The summed E-state index contributed by atoms with van der Waals surface area (Å²) < 4.78 is 0. The summed E-state index contributed by atoms with van der Waals surface area (Å²) in [7, 11) is 0. The Morgan fingerprint density at radius 3 is 2.76 bits per heavy atom. The molecule has 2 rings (SSSR count). The summed E-state index contributed by atoms with van der Waals surface area (Å²) >= 11 is 0. The van der Waals surface area contributed by atoms with Crippen molar-refractivity contribution < 1.29 is 9.90 Å². The van der Waals surface area contributed by atoms with Crippen LogP contribution < -0.4 is 0 Å². The number of carboxylic acids is 1. The van der Waals surface area contributed by atoms with E-state index in [-0.39, 0.29) is 0 Å². The second-order valence-corrected chi connectivity index (χ2v) is 4.80. The predicted molar refractivity (Wildman–Crippen MR) is 68.0 cm³/mol. The Kier molecular flexibility index (Phi) is 3.32. The van der Waals surface area contributed by atoms with Crippen LogP contribution in [-0.2, 0) is 17.6 Å². The quantitative estimate of drug-likeness (QED) is 0.809. The molecule has 0 aromatic heterocycles. The maximum atomic E-state index is 11.6. The Hall–Kier alpha value is -1.57. The summed E-state index contributed by atoms with van der Waals surface area (Å²) in [5.74, 6) is -0.662. The fraction of sp³-hybridized carbons (Fsp3) is 0.400. The van der Waals surface area contributed by atoms with Gasteiger partial charge in [0.2, 0.25) is 0 Å². The van der Waals surface area contributed by atoms with Gasteiger partial charge in [-0.2, -0.15) is 0 Å². The van der Waals surface area contributed by atoms with Crippen LogP contribution in [0.1, 0.15) is 30.9 Å². The van der Waals surface area contributed by atoms with Crippen molar-refractivity contribution in [2.75, 3.05) is 0 Å². The highest BCUT2D eigenvalue weighted by molar-refractivity contribution is 5.76. The van der Waals surface area contributed by atoms with E-state index in [0.29, 0.717) is 12.8 Å². The zero-order chi connectivity index (χ0) is 12.3. The van der Waals surface area contributed by atoms with Crippen LogP contribution in [0.4, 0.5) is 0 Å². The molecule has 0 radical (unpaired) electrons. The molecule has 17 heavy (non-hydrogen) atoms. The van der Waals surface area contributed by atoms with Gasteiger partial charge in [0.25, 0.3) is 0 Å². The summed E-state index contributed by atoms with van der Waals surface area (Å²) in [6, 6.07) is 8.18. The molecule has 0 saturated heterocycles. The SMILES string of the molecule is CC=CCC1(C(=O)O)CCc2ccccc2C1. The van der Waals surface area contributed by atoms with Gasteiger partial charge in [-0.05, 0) is 43.7 Å². The van der Waals surface area contributed by atoms with E-state index in [9.17, 15) is 9.90 Å². The van der Waals surface area contributed by atoms with Crippen molar-refractivity contribution in [3.63, 3.8) is 0 Å². The number of fused-ring (bicyclic) bond motifs is 1. The summed E-state index contributed by atoms with van der Waals surface area (Å²) in [5, 5.41) is 9.51. The Morgan fingerprint density at radius 1 is 1.41 bits per heavy atom. The van der Waals surface area contributed by atoms with Crippen LogP contribution in [0.15, 0.2) is 36.4 Å². The molecule has 90 valence electrons. The zero-order valence-electron chi connectivity index (χ0n) is 10.1. The molecular formula is C15H18O2. The monoisotopic (exact) mass is 230 g/mol. The third kappa shape index (κ3) is 2.26. The Labute approximate surface area is 102 Å². The van der Waals surface area contributed by atoms with Crippen LogP contribution in [-0.4, -0.2) is 11.1 Å². The molecule has 1 aliphatic carbocycles. The third-order valence-electron chi connectivity index (χ3n) is 3.72. The first-order chi connectivity index (χ1) is 8.18. The van der Waals surface area contributed by atoms with Gasteiger partial charge < -0.3 is 5.11 Å². The van der Waals surface area contributed by atoms with Gasteiger partial charge in [-0.25, -0.2) is 0 Å². The second-order valence-electron chi connectivity index (χ2n) is 4.80. The van der Waals surface area contributed by atoms with Gasteiger partial charge in [-0.3, -0.25) is 4.79 Å². The van der Waals surface area contributed by atoms with E-state index in [1.165, 1.54) is 11.1 Å². The molecule has 2 heteroatoms. The van der Waals surface area contributed by atoms with E-state index in [0.717, 1.165) is 12.8 Å². The topological polar surface area (TPSA) is 37.3 Å². The van der Waals surface area contributed by atoms with Crippen LogP contribution >= 0.6 is 0 Å². The van der Waals surface area contributed by atoms with Gasteiger partial charge in [0.05, 0.1) is 5.41 Å². The van der Waals surface area contributed by atoms with Crippen molar-refractivity contribution in [3.05, 3.63) is 47.5 Å². The standard InChI is InChI=1S/C15H18O2/c1-2-3-9-15(14(16)17)10-8-12-6-4-5-7-13(12)11-15/h2-7H,8-11H2,1H3,(H,16,17). The minimum Gasteiger partial charge on any atom is -0.481 e. The average Bonchev–Trinajstić information content (AvgIpc) is 2.36. The number of allylic oxidation sites excluding steroid dienone is 2. The Morgan fingerprint density at radius 2 is 2.12 bits per heavy atom. The molecule has 0 heterocycles. The summed E-state index contributed by atoms with van der Waals surface area (Å²) in [6.07, 6.45) is 6.81. The first-order valence-corrected chi connectivity index (χ1v) is 6.09. The molecule has 0 bridgehead atoms. The van der Waals surface area contributed by atoms with Gasteiger partial charge in [0.15, 0.2) is 0 Å². The van der Waals surface area contributed by atoms with Crippen LogP contribution in [0.3, 0.4) is 0 Å². The van der Waals surface area contributed by atoms with Gasteiger partial charge >= 0.3 is 5.97 Å². The molecule has 1 N–H and O–H groups in total. The summed E-state index contributed by atoms with van der Waals surface area (Å²) in [4.78, 5) is 11.6. The maximum absolute atomic E-state index is 11.6. The lowest BCUT2D eigenvalue weighted by molar-refractivity contribution is -0.149. The largest absolute Gasteiger partial charge is 0.481 e. The molecule has 1 aromatic carbocycles. The summed E-state index contributed by atoms with van der Waals surface area (Å²) in [6.45, 7) is 1.94. The van der Waals surface area contributed by atoms with Crippen molar-refractivity contribution >= 4 is 5.97 Å². The molecule has 0 fully saturated rings. The van der Waals surface area contributed by atoms with Crippen molar-refractivity contribution in [1.29, 1.82) is 0 Å². The highest BCUT2D eigenvalue weighted by Gasteiger charge is 2.40. The van der Waals surface area contributed by atoms with E-state index in [2.05, 4.69) is 12.1 Å². The van der Waals surface area contributed by atoms with Gasteiger partial charge in [0.1, 0.15) is 0 Å². The average molecular weight is 230 g/mol. The molecule has 0 saturated carbocycles. The second kappa shape index (κ2) is 4.74. The fourth-order valence-electron chi connectivity index (χ4n) is 2.59. The number of rotatable bonds is 3. The van der Waals surface area contributed by atoms with E-state index in [1.54, 1.807) is 0 Å². The van der Waals surface area contributed by atoms with Crippen LogP contribution in [0.25, 0.3) is 0 Å². The number of carboxylic acid groups (broad SMARTS) is 1. The maximum Gasteiger partial charge on any atom is 0.310 e. The van der Waals surface area contributed by atoms with Crippen molar-refractivity contribution in [3.8, 4) is 0 Å². The predicted octanol–water partition coefficient (Wildman–Crippen LogP) is 3.21. The molecule has 0 spiro atoms. The molecule has 0 aliphatic heterocycles. The molecule has 1 unspecified atom stereocenters. The van der Waals surface area contributed by atoms with Crippen LogP contribution in [0.2, 0.25) is 0 Å². The third-order valence-corrected chi connectivity index (χ3v) is 3.72. The number of carbonyl (C=O) groups is 1. The molecular weight excluding hydrogens is 212 g/mol. The number of aryl methyl sites for hydroxylation is 1. The van der Waals surface area contributed by atoms with E-state index in [1.807, 2.05) is 31.2 Å². The number of hydrogen-bond donors (Lipinski definition) is 1. The lowest BCUT2D eigenvalue weighted by Gasteiger charge is -2.33. The Balaban J connectivity index is 2.30. The number of benzene rings is 1. The minimum atomic E-state index is -0.662. The van der Waals surface area contributed by atoms with Crippen LogP contribution in [0.5, 0.6) is 0 Å². The van der Waals surface area contributed by atoms with Crippen molar-refractivity contribution in [1.82, 2.24) is 0 Å². The molecule has 1 aliphatic rings. The summed E-state index contributed by atoms with van der Waals surface area (Å²) in [5.41, 5.74) is 1.91. The minimum absolute atomic E-state index is 0.596. The van der Waals surface area contributed by atoms with E-state index in [4.69, 9.17) is 0 Å². The highest BCUT2D eigenvalue weighted by atomic mass is 16.4. The lowest BCUT2D eigenvalue weighted by Crippen LogP contribution is -2.36.